The van der Waals surface area contributed by atoms with Crippen molar-refractivity contribution in [3.63, 3.8) is 0 Å². The summed E-state index contributed by atoms with van der Waals surface area (Å²) in [6, 6.07) is 2.27. The fourth-order valence-corrected chi connectivity index (χ4v) is 3.61. The molecule has 0 fully saturated rings. The van der Waals surface area contributed by atoms with Crippen LogP contribution in [0, 0.1) is 0 Å². The number of guanidine groups is 1. The van der Waals surface area contributed by atoms with E-state index in [0.717, 1.165) is 44.4 Å². The van der Waals surface area contributed by atoms with E-state index >= 15 is 0 Å². The molecule has 2 heterocycles. The molecule has 0 bridgehead atoms. The summed E-state index contributed by atoms with van der Waals surface area (Å²) in [5.41, 5.74) is 1.51. The van der Waals surface area contributed by atoms with E-state index in [9.17, 15) is 0 Å². The van der Waals surface area contributed by atoms with Crippen molar-refractivity contribution in [1.82, 2.24) is 15.5 Å². The van der Waals surface area contributed by atoms with Crippen LogP contribution in [0.2, 0.25) is 0 Å². The van der Waals surface area contributed by atoms with Gasteiger partial charge >= 0.3 is 0 Å². The highest BCUT2D eigenvalue weighted by Crippen LogP contribution is 2.23. The predicted molar refractivity (Wildman–Crippen MR) is 111 cm³/mol. The first-order chi connectivity index (χ1) is 10.3. The van der Waals surface area contributed by atoms with Gasteiger partial charge in [0, 0.05) is 43.4 Å². The van der Waals surface area contributed by atoms with Crippen LogP contribution >= 0.6 is 47.1 Å². The summed E-state index contributed by atoms with van der Waals surface area (Å²) < 4.78 is 0. The van der Waals surface area contributed by atoms with Crippen LogP contribution < -0.4 is 10.6 Å². The lowest BCUT2D eigenvalue weighted by molar-refractivity contribution is 0.263. The Hall–Kier alpha value is 0.01000. The normalized spacial score (nSPS) is 15.1. The Kier molecular flexibility index (Phi) is 10.5. The van der Waals surface area contributed by atoms with Crippen molar-refractivity contribution < 1.29 is 0 Å². The molecule has 1 aliphatic heterocycles. The molecule has 0 aliphatic carbocycles. The number of fused-ring (bicyclic) bond motifs is 1. The van der Waals surface area contributed by atoms with Gasteiger partial charge in [0.1, 0.15) is 0 Å². The molecule has 22 heavy (non-hydrogen) atoms. The van der Waals surface area contributed by atoms with Crippen LogP contribution in [0.1, 0.15) is 17.4 Å². The average molecular weight is 454 g/mol. The Morgan fingerprint density at radius 1 is 1.45 bits per heavy atom. The number of hydrogen-bond donors (Lipinski definition) is 2. The average Bonchev–Trinajstić information content (AvgIpc) is 2.95. The van der Waals surface area contributed by atoms with Crippen LogP contribution in [0.4, 0.5) is 0 Å². The van der Waals surface area contributed by atoms with E-state index in [-0.39, 0.29) is 24.0 Å². The predicted octanol–water partition coefficient (Wildman–Crippen LogP) is 2.64. The molecule has 0 saturated carbocycles. The molecule has 1 aromatic heterocycles. The molecule has 0 atom stereocenters. The molecule has 0 aromatic carbocycles. The van der Waals surface area contributed by atoms with Crippen LogP contribution in [0.3, 0.4) is 0 Å². The van der Waals surface area contributed by atoms with E-state index in [0.29, 0.717) is 0 Å². The molecular formula is C15H27IN4S2. The van der Waals surface area contributed by atoms with Crippen LogP contribution in [-0.2, 0) is 13.0 Å². The first kappa shape index (κ1) is 20.1. The third-order valence-electron chi connectivity index (χ3n) is 3.52. The first-order valence-electron chi connectivity index (χ1n) is 7.62. The zero-order valence-electron chi connectivity index (χ0n) is 13.4. The Labute approximate surface area is 159 Å². The van der Waals surface area contributed by atoms with Gasteiger partial charge in [-0.2, -0.15) is 11.8 Å². The van der Waals surface area contributed by atoms with Gasteiger partial charge in [0.05, 0.1) is 6.54 Å². The van der Waals surface area contributed by atoms with Gasteiger partial charge in [-0.1, -0.05) is 0 Å². The number of halogens is 1. The topological polar surface area (TPSA) is 39.7 Å². The third-order valence-corrected chi connectivity index (χ3v) is 5.15. The molecule has 0 radical (unpaired) electrons. The second-order valence-corrected chi connectivity index (χ2v) is 7.06. The van der Waals surface area contributed by atoms with E-state index in [4.69, 9.17) is 0 Å². The van der Waals surface area contributed by atoms with Gasteiger partial charge in [0.2, 0.25) is 0 Å². The minimum atomic E-state index is 0. The Balaban J connectivity index is 0.00000242. The zero-order chi connectivity index (χ0) is 14.9. The SMILES string of the molecule is CCNC(=NCCN1CCc2sccc2C1)NCCSC.I. The maximum Gasteiger partial charge on any atom is 0.191 e. The van der Waals surface area contributed by atoms with Gasteiger partial charge in [0.25, 0.3) is 0 Å². The number of thiophene rings is 1. The van der Waals surface area contributed by atoms with Crippen molar-refractivity contribution in [3.05, 3.63) is 21.9 Å². The van der Waals surface area contributed by atoms with Gasteiger partial charge in [-0.25, -0.2) is 0 Å². The molecule has 0 amide bonds. The second-order valence-electron chi connectivity index (χ2n) is 5.08. The number of hydrogen-bond acceptors (Lipinski definition) is 4. The van der Waals surface area contributed by atoms with Crippen molar-refractivity contribution >= 4 is 53.0 Å². The third kappa shape index (κ3) is 6.64. The van der Waals surface area contributed by atoms with Gasteiger partial charge < -0.3 is 10.6 Å². The molecule has 126 valence electrons. The van der Waals surface area contributed by atoms with E-state index in [1.807, 2.05) is 23.1 Å². The molecular weight excluding hydrogens is 427 g/mol. The van der Waals surface area contributed by atoms with Crippen molar-refractivity contribution in [1.29, 1.82) is 0 Å². The van der Waals surface area contributed by atoms with E-state index in [1.165, 1.54) is 18.5 Å². The molecule has 7 heteroatoms. The van der Waals surface area contributed by atoms with Crippen LogP contribution in [0.5, 0.6) is 0 Å². The van der Waals surface area contributed by atoms with Gasteiger partial charge in [-0.3, -0.25) is 9.89 Å². The Morgan fingerprint density at radius 3 is 3.09 bits per heavy atom. The number of aliphatic imine (C=N–C) groups is 1. The van der Waals surface area contributed by atoms with Gasteiger partial charge in [0.15, 0.2) is 5.96 Å². The second kappa shape index (κ2) is 11.5. The summed E-state index contributed by atoms with van der Waals surface area (Å²) in [5, 5.41) is 8.89. The molecule has 0 spiro atoms. The maximum absolute atomic E-state index is 4.67. The minimum absolute atomic E-state index is 0. The van der Waals surface area contributed by atoms with Gasteiger partial charge in [-0.05, 0) is 36.6 Å². The fourth-order valence-electron chi connectivity index (χ4n) is 2.41. The van der Waals surface area contributed by atoms with Crippen molar-refractivity contribution in [2.75, 3.05) is 44.7 Å². The Bertz CT molecular complexity index is 451. The minimum Gasteiger partial charge on any atom is -0.357 e. The maximum atomic E-state index is 4.67. The van der Waals surface area contributed by atoms with E-state index in [2.05, 4.69) is 45.2 Å². The van der Waals surface area contributed by atoms with Crippen LogP contribution in [-0.4, -0.2) is 55.6 Å². The first-order valence-corrected chi connectivity index (χ1v) is 9.89. The molecule has 0 saturated heterocycles. The van der Waals surface area contributed by atoms with Crippen LogP contribution in [0.15, 0.2) is 16.4 Å². The summed E-state index contributed by atoms with van der Waals surface area (Å²) in [5.74, 6) is 2.05. The number of rotatable bonds is 7. The van der Waals surface area contributed by atoms with E-state index in [1.54, 1.807) is 4.88 Å². The molecule has 0 unspecified atom stereocenters. The summed E-state index contributed by atoms with van der Waals surface area (Å²) in [4.78, 5) is 8.74. The summed E-state index contributed by atoms with van der Waals surface area (Å²) in [6.07, 6.45) is 3.32. The highest BCUT2D eigenvalue weighted by Gasteiger charge is 2.16. The van der Waals surface area contributed by atoms with Crippen molar-refractivity contribution in [3.8, 4) is 0 Å². The lowest BCUT2D eigenvalue weighted by Gasteiger charge is -2.26. The summed E-state index contributed by atoms with van der Waals surface area (Å²) in [6.45, 7) is 8.13. The highest BCUT2D eigenvalue weighted by atomic mass is 127. The van der Waals surface area contributed by atoms with Crippen molar-refractivity contribution in [2.24, 2.45) is 4.99 Å². The fraction of sp³-hybridized carbons (Fsp3) is 0.667. The summed E-state index contributed by atoms with van der Waals surface area (Å²) in [7, 11) is 0. The lowest BCUT2D eigenvalue weighted by Crippen LogP contribution is -2.39. The van der Waals surface area contributed by atoms with Gasteiger partial charge in [-0.15, -0.1) is 35.3 Å². The lowest BCUT2D eigenvalue weighted by atomic mass is 10.1. The number of nitrogens with one attached hydrogen (secondary N) is 2. The Morgan fingerprint density at radius 2 is 2.32 bits per heavy atom. The standard InChI is InChI=1S/C15H26N4S2.HI/c1-3-16-15(18-7-11-20-2)17-6-9-19-8-4-14-13(12-19)5-10-21-14;/h5,10H,3-4,6-9,11-12H2,1-2H3,(H2,16,17,18);1H. The summed E-state index contributed by atoms with van der Waals surface area (Å²) >= 11 is 3.75. The molecule has 1 aromatic rings. The molecule has 2 N–H and O–H groups in total. The van der Waals surface area contributed by atoms with Crippen molar-refractivity contribution in [2.45, 2.75) is 19.9 Å². The smallest absolute Gasteiger partial charge is 0.191 e. The number of thioether (sulfide) groups is 1. The molecule has 2 rings (SSSR count). The molecule has 4 nitrogen and oxygen atoms in total. The monoisotopic (exact) mass is 454 g/mol. The quantitative estimate of drug-likeness (QED) is 0.288. The van der Waals surface area contributed by atoms with Crippen LogP contribution in [0.25, 0.3) is 0 Å². The highest BCUT2D eigenvalue weighted by molar-refractivity contribution is 14.0. The van der Waals surface area contributed by atoms with E-state index < -0.39 is 0 Å². The molecule has 1 aliphatic rings. The number of nitrogens with zero attached hydrogens (tertiary/aromatic N) is 2. The zero-order valence-corrected chi connectivity index (χ0v) is 17.4. The largest absolute Gasteiger partial charge is 0.357 e.